The van der Waals surface area contributed by atoms with E-state index in [9.17, 15) is 4.79 Å². The van der Waals surface area contributed by atoms with E-state index in [4.69, 9.17) is 17.0 Å². The number of nitrogens with one attached hydrogen (secondary N) is 2. The molecule has 1 atom stereocenters. The Morgan fingerprint density at radius 2 is 2.19 bits per heavy atom. The van der Waals surface area contributed by atoms with Crippen molar-refractivity contribution in [2.24, 2.45) is 4.99 Å². The van der Waals surface area contributed by atoms with Crippen molar-refractivity contribution in [3.8, 4) is 0 Å². The highest BCUT2D eigenvalue weighted by Crippen LogP contribution is 2.19. The Hall–Kier alpha value is -1.88. The molecule has 1 unspecified atom stereocenters. The summed E-state index contributed by atoms with van der Waals surface area (Å²) in [4.78, 5) is 18.2. The summed E-state index contributed by atoms with van der Waals surface area (Å²) in [7, 11) is 0. The SMILES string of the molecule is N=C(C1N=C1Cl)n1c(=O)[nH]c2ccccc21. The Labute approximate surface area is 94.9 Å². The van der Waals surface area contributed by atoms with Gasteiger partial charge < -0.3 is 4.98 Å². The number of halogens is 1. The summed E-state index contributed by atoms with van der Waals surface area (Å²) in [6.45, 7) is 0. The van der Waals surface area contributed by atoms with Crippen LogP contribution in [0.2, 0.25) is 0 Å². The maximum Gasteiger partial charge on any atom is 0.332 e. The molecule has 0 fully saturated rings. The molecule has 6 heteroatoms. The van der Waals surface area contributed by atoms with Crippen LogP contribution in [0.3, 0.4) is 0 Å². The molecule has 1 aromatic carbocycles. The van der Waals surface area contributed by atoms with Gasteiger partial charge in [0, 0.05) is 0 Å². The number of hydrogen-bond acceptors (Lipinski definition) is 3. The second-order valence-corrected chi connectivity index (χ2v) is 3.91. The molecule has 2 aromatic rings. The topological polar surface area (TPSA) is 74.0 Å². The highest BCUT2D eigenvalue weighted by Gasteiger charge is 2.33. The van der Waals surface area contributed by atoms with E-state index >= 15 is 0 Å². The van der Waals surface area contributed by atoms with Crippen LogP contribution in [0.4, 0.5) is 0 Å². The molecular formula is C10H7ClN4O. The normalized spacial score (nSPS) is 18.6. The van der Waals surface area contributed by atoms with Crippen molar-refractivity contribution in [1.29, 1.82) is 5.41 Å². The average Bonchev–Trinajstić information content (AvgIpc) is 2.89. The Bertz CT molecular complexity index is 681. The van der Waals surface area contributed by atoms with E-state index in [0.29, 0.717) is 16.2 Å². The highest BCUT2D eigenvalue weighted by molar-refractivity contribution is 6.72. The molecule has 0 spiro atoms. The number of rotatable bonds is 1. The van der Waals surface area contributed by atoms with Gasteiger partial charge in [-0.3, -0.25) is 10.4 Å². The number of aliphatic imine (C=N–C) groups is 1. The molecule has 1 aliphatic rings. The zero-order valence-electron chi connectivity index (χ0n) is 8.07. The Morgan fingerprint density at radius 3 is 2.88 bits per heavy atom. The van der Waals surface area contributed by atoms with Crippen molar-refractivity contribution < 1.29 is 0 Å². The predicted molar refractivity (Wildman–Crippen MR) is 62.8 cm³/mol. The molecule has 2 N–H and O–H groups in total. The quantitative estimate of drug-likeness (QED) is 0.564. The molecule has 0 bridgehead atoms. The van der Waals surface area contributed by atoms with Gasteiger partial charge in [0.2, 0.25) is 0 Å². The molecule has 0 amide bonds. The summed E-state index contributed by atoms with van der Waals surface area (Å²) in [6.07, 6.45) is 0. The van der Waals surface area contributed by atoms with E-state index in [1.807, 2.05) is 12.1 Å². The zero-order chi connectivity index (χ0) is 11.3. The molecular weight excluding hydrogens is 228 g/mol. The number of hydrogen-bond donors (Lipinski definition) is 2. The van der Waals surface area contributed by atoms with Crippen molar-refractivity contribution >= 4 is 33.6 Å². The van der Waals surface area contributed by atoms with E-state index in [1.165, 1.54) is 4.57 Å². The molecule has 3 rings (SSSR count). The first-order valence-electron chi connectivity index (χ1n) is 4.70. The zero-order valence-corrected chi connectivity index (χ0v) is 8.82. The van der Waals surface area contributed by atoms with Gasteiger partial charge in [0.15, 0.2) is 6.04 Å². The molecule has 1 aliphatic heterocycles. The van der Waals surface area contributed by atoms with Crippen LogP contribution in [0.15, 0.2) is 34.1 Å². The van der Waals surface area contributed by atoms with E-state index in [1.54, 1.807) is 12.1 Å². The third-order valence-electron chi connectivity index (χ3n) is 2.50. The number of nitrogens with zero attached hydrogens (tertiary/aromatic N) is 2. The minimum absolute atomic E-state index is 0.0902. The Morgan fingerprint density at radius 1 is 1.50 bits per heavy atom. The lowest BCUT2D eigenvalue weighted by molar-refractivity contribution is 1.02. The summed E-state index contributed by atoms with van der Waals surface area (Å²) in [6, 6.07) is 6.76. The first-order valence-corrected chi connectivity index (χ1v) is 5.08. The maximum absolute atomic E-state index is 11.7. The summed E-state index contributed by atoms with van der Waals surface area (Å²) in [5.74, 6) is 0.0902. The number of aromatic nitrogens is 2. The molecule has 5 nitrogen and oxygen atoms in total. The lowest BCUT2D eigenvalue weighted by Crippen LogP contribution is -2.29. The predicted octanol–water partition coefficient (Wildman–Crippen LogP) is 1.17. The standard InChI is InChI=1S/C10H7ClN4O/c11-8-7(14-8)9(12)15-6-4-2-1-3-5(6)13-10(15)16/h1-4,7,12H,(H,13,16). The number of benzene rings is 1. The van der Waals surface area contributed by atoms with Gasteiger partial charge in [-0.05, 0) is 12.1 Å². The fourth-order valence-corrected chi connectivity index (χ4v) is 1.88. The van der Waals surface area contributed by atoms with Crippen molar-refractivity contribution in [3.05, 3.63) is 34.7 Å². The third-order valence-corrected chi connectivity index (χ3v) is 2.80. The van der Waals surface area contributed by atoms with Crippen LogP contribution in [0, 0.1) is 5.41 Å². The van der Waals surface area contributed by atoms with Gasteiger partial charge in [0.1, 0.15) is 11.0 Å². The summed E-state index contributed by atoms with van der Waals surface area (Å²) < 4.78 is 1.29. The molecule has 80 valence electrons. The molecule has 2 heterocycles. The minimum atomic E-state index is -0.446. The Balaban J connectivity index is 2.19. The van der Waals surface area contributed by atoms with Gasteiger partial charge in [-0.2, -0.15) is 0 Å². The van der Waals surface area contributed by atoms with Crippen LogP contribution >= 0.6 is 11.6 Å². The van der Waals surface area contributed by atoms with Gasteiger partial charge in [0.05, 0.1) is 11.0 Å². The third kappa shape index (κ3) is 1.22. The van der Waals surface area contributed by atoms with Crippen LogP contribution in [-0.2, 0) is 0 Å². The van der Waals surface area contributed by atoms with E-state index in [2.05, 4.69) is 9.98 Å². The van der Waals surface area contributed by atoms with Gasteiger partial charge >= 0.3 is 5.69 Å². The number of fused-ring (bicyclic) bond motifs is 1. The van der Waals surface area contributed by atoms with Gasteiger partial charge in [-0.1, -0.05) is 23.7 Å². The number of imidazole rings is 1. The largest absolute Gasteiger partial charge is 0.332 e. The summed E-state index contributed by atoms with van der Waals surface area (Å²) in [5, 5.41) is 8.24. The molecule has 0 aliphatic carbocycles. The average molecular weight is 235 g/mol. The van der Waals surface area contributed by atoms with Crippen LogP contribution < -0.4 is 5.69 Å². The first kappa shape index (κ1) is 9.35. The minimum Gasteiger partial charge on any atom is -0.305 e. The fourth-order valence-electron chi connectivity index (χ4n) is 1.68. The lowest BCUT2D eigenvalue weighted by Gasteiger charge is -2.01. The van der Waals surface area contributed by atoms with Crippen molar-refractivity contribution in [2.45, 2.75) is 6.04 Å². The first-order chi connectivity index (χ1) is 7.68. The monoisotopic (exact) mass is 234 g/mol. The second-order valence-electron chi connectivity index (χ2n) is 3.52. The summed E-state index contributed by atoms with van der Waals surface area (Å²) >= 11 is 5.65. The highest BCUT2D eigenvalue weighted by atomic mass is 35.5. The van der Waals surface area contributed by atoms with Crippen molar-refractivity contribution in [2.75, 3.05) is 0 Å². The maximum atomic E-state index is 11.7. The molecule has 16 heavy (non-hydrogen) atoms. The van der Waals surface area contributed by atoms with Crippen LogP contribution in [-0.4, -0.2) is 26.6 Å². The van der Waals surface area contributed by atoms with Gasteiger partial charge in [-0.25, -0.2) is 9.36 Å². The Kier molecular flexibility index (Phi) is 1.79. The number of aromatic amines is 1. The smallest absolute Gasteiger partial charge is 0.305 e. The van der Waals surface area contributed by atoms with E-state index in [0.717, 1.165) is 0 Å². The molecule has 0 saturated heterocycles. The van der Waals surface area contributed by atoms with Crippen molar-refractivity contribution in [3.63, 3.8) is 0 Å². The van der Waals surface area contributed by atoms with Crippen LogP contribution in [0.25, 0.3) is 11.0 Å². The molecule has 0 saturated carbocycles. The fraction of sp³-hybridized carbons (Fsp3) is 0.100. The molecule has 1 aromatic heterocycles. The molecule has 0 radical (unpaired) electrons. The van der Waals surface area contributed by atoms with Gasteiger partial charge in [0.25, 0.3) is 0 Å². The van der Waals surface area contributed by atoms with E-state index in [-0.39, 0.29) is 11.5 Å². The van der Waals surface area contributed by atoms with Crippen LogP contribution in [0.1, 0.15) is 0 Å². The number of para-hydroxylation sites is 2. The van der Waals surface area contributed by atoms with Crippen molar-refractivity contribution in [1.82, 2.24) is 9.55 Å². The van der Waals surface area contributed by atoms with E-state index < -0.39 is 6.04 Å². The summed E-state index contributed by atoms with van der Waals surface area (Å²) in [5.41, 5.74) is 1.04. The second kappa shape index (κ2) is 3.05. The van der Waals surface area contributed by atoms with Crippen LogP contribution in [0.5, 0.6) is 0 Å². The lowest BCUT2D eigenvalue weighted by atomic mass is 10.3. The number of H-pyrrole nitrogens is 1. The van der Waals surface area contributed by atoms with Gasteiger partial charge in [-0.15, -0.1) is 0 Å².